The maximum Gasteiger partial charge on any atom is 0.313 e. The monoisotopic (exact) mass is 345 g/mol. The van der Waals surface area contributed by atoms with Crippen LogP contribution in [0.3, 0.4) is 0 Å². The molecule has 0 saturated carbocycles. The van der Waals surface area contributed by atoms with Crippen molar-refractivity contribution in [2.75, 3.05) is 13.1 Å². The Bertz CT molecular complexity index is 835. The molecule has 2 aromatic carbocycles. The van der Waals surface area contributed by atoms with Gasteiger partial charge in [0.05, 0.1) is 0 Å². The number of rotatable bonds is 4. The SMILES string of the molecule is O=S(=O)(Cc1ccccc1)Oc1ccc2c(c1)OC1CNCCC21. The van der Waals surface area contributed by atoms with Gasteiger partial charge in [0.1, 0.15) is 23.4 Å². The smallest absolute Gasteiger partial charge is 0.313 e. The molecule has 5 nitrogen and oxygen atoms in total. The van der Waals surface area contributed by atoms with Gasteiger partial charge in [-0.25, -0.2) is 0 Å². The van der Waals surface area contributed by atoms with Crippen LogP contribution in [0.2, 0.25) is 0 Å². The lowest BCUT2D eigenvalue weighted by Gasteiger charge is -2.24. The Hall–Kier alpha value is -2.05. The van der Waals surface area contributed by atoms with Crippen molar-refractivity contribution in [3.63, 3.8) is 0 Å². The number of benzene rings is 2. The summed E-state index contributed by atoms with van der Waals surface area (Å²) in [5, 5.41) is 3.32. The van der Waals surface area contributed by atoms with E-state index in [1.54, 1.807) is 24.3 Å². The molecule has 1 saturated heterocycles. The van der Waals surface area contributed by atoms with E-state index >= 15 is 0 Å². The molecule has 1 fully saturated rings. The minimum atomic E-state index is -3.70. The lowest BCUT2D eigenvalue weighted by Crippen LogP contribution is -2.39. The highest BCUT2D eigenvalue weighted by Gasteiger charge is 2.36. The summed E-state index contributed by atoms with van der Waals surface area (Å²) in [6.07, 6.45) is 1.16. The van der Waals surface area contributed by atoms with Gasteiger partial charge in [-0.1, -0.05) is 36.4 Å². The van der Waals surface area contributed by atoms with Crippen LogP contribution < -0.4 is 14.2 Å². The molecule has 126 valence electrons. The van der Waals surface area contributed by atoms with Crippen molar-refractivity contribution in [1.82, 2.24) is 5.32 Å². The molecule has 24 heavy (non-hydrogen) atoms. The van der Waals surface area contributed by atoms with Gasteiger partial charge in [-0.3, -0.25) is 0 Å². The van der Waals surface area contributed by atoms with Gasteiger partial charge >= 0.3 is 10.1 Å². The highest BCUT2D eigenvalue weighted by Crippen LogP contribution is 2.43. The Balaban J connectivity index is 1.52. The lowest BCUT2D eigenvalue weighted by molar-refractivity contribution is 0.176. The van der Waals surface area contributed by atoms with Gasteiger partial charge in [0.25, 0.3) is 0 Å². The third-order valence-corrected chi connectivity index (χ3v) is 5.63. The fraction of sp³-hybridized carbons (Fsp3) is 0.333. The van der Waals surface area contributed by atoms with Crippen LogP contribution in [0.25, 0.3) is 0 Å². The summed E-state index contributed by atoms with van der Waals surface area (Å²) in [6, 6.07) is 14.3. The normalized spacial score (nSPS) is 22.3. The van der Waals surface area contributed by atoms with Crippen molar-refractivity contribution < 1.29 is 17.3 Å². The summed E-state index contributed by atoms with van der Waals surface area (Å²) < 4.78 is 35.7. The molecule has 2 aliphatic rings. The van der Waals surface area contributed by atoms with Gasteiger partial charge in [-0.05, 0) is 24.6 Å². The van der Waals surface area contributed by atoms with Crippen LogP contribution in [0, 0.1) is 0 Å². The zero-order chi connectivity index (χ0) is 16.6. The topological polar surface area (TPSA) is 64.6 Å². The van der Waals surface area contributed by atoms with Gasteiger partial charge in [-0.15, -0.1) is 0 Å². The first-order valence-corrected chi connectivity index (χ1v) is 9.66. The van der Waals surface area contributed by atoms with E-state index in [-0.39, 0.29) is 11.9 Å². The first kappa shape index (κ1) is 15.5. The lowest BCUT2D eigenvalue weighted by atomic mass is 9.90. The Morgan fingerprint density at radius 3 is 2.83 bits per heavy atom. The van der Waals surface area contributed by atoms with E-state index in [4.69, 9.17) is 8.92 Å². The molecule has 2 aliphatic heterocycles. The summed E-state index contributed by atoms with van der Waals surface area (Å²) in [5.74, 6) is 1.27. The van der Waals surface area contributed by atoms with E-state index in [1.165, 1.54) is 0 Å². The number of hydrogen-bond donors (Lipinski definition) is 1. The van der Waals surface area contributed by atoms with Crippen LogP contribution in [-0.4, -0.2) is 27.6 Å². The molecule has 0 aliphatic carbocycles. The first-order valence-electron chi connectivity index (χ1n) is 8.08. The van der Waals surface area contributed by atoms with Crippen molar-refractivity contribution in [2.45, 2.75) is 24.2 Å². The maximum atomic E-state index is 12.2. The average molecular weight is 345 g/mol. The molecule has 2 heterocycles. The standard InChI is InChI=1S/C18H19NO4S/c20-24(21,12-13-4-2-1-3-5-13)23-14-6-7-15-16-8-9-19-11-18(16)22-17(15)10-14/h1-7,10,16,18-19H,8-9,11-12H2. The second kappa shape index (κ2) is 6.11. The van der Waals surface area contributed by atoms with Gasteiger partial charge in [-0.2, -0.15) is 8.42 Å². The summed E-state index contributed by atoms with van der Waals surface area (Å²) in [5.41, 5.74) is 1.85. The average Bonchev–Trinajstić information content (AvgIpc) is 2.92. The van der Waals surface area contributed by atoms with E-state index in [2.05, 4.69) is 5.32 Å². The Morgan fingerprint density at radius 2 is 2.00 bits per heavy atom. The number of piperidine rings is 1. The summed E-state index contributed by atoms with van der Waals surface area (Å²) in [6.45, 7) is 1.80. The predicted molar refractivity (Wildman–Crippen MR) is 90.8 cm³/mol. The zero-order valence-corrected chi connectivity index (χ0v) is 14.0. The Labute approximate surface area is 141 Å². The minimum Gasteiger partial charge on any atom is -0.488 e. The molecule has 0 radical (unpaired) electrons. The van der Waals surface area contributed by atoms with Gasteiger partial charge in [0.15, 0.2) is 0 Å². The zero-order valence-electron chi connectivity index (χ0n) is 13.1. The molecule has 4 rings (SSSR count). The second-order valence-electron chi connectivity index (χ2n) is 6.23. The molecular weight excluding hydrogens is 326 g/mol. The highest BCUT2D eigenvalue weighted by molar-refractivity contribution is 7.86. The van der Waals surface area contributed by atoms with Gasteiger partial charge in [0, 0.05) is 24.1 Å². The molecular formula is C18H19NO4S. The second-order valence-corrected chi connectivity index (χ2v) is 7.80. The molecule has 1 N–H and O–H groups in total. The summed E-state index contributed by atoms with van der Waals surface area (Å²) in [7, 11) is -3.70. The van der Waals surface area contributed by atoms with Crippen LogP contribution >= 0.6 is 0 Å². The van der Waals surface area contributed by atoms with Gasteiger partial charge in [0.2, 0.25) is 0 Å². The van der Waals surface area contributed by atoms with Crippen molar-refractivity contribution in [1.29, 1.82) is 0 Å². The first-order chi connectivity index (χ1) is 11.6. The van der Waals surface area contributed by atoms with E-state index in [1.807, 2.05) is 24.3 Å². The molecule has 0 aromatic heterocycles. The summed E-state index contributed by atoms with van der Waals surface area (Å²) >= 11 is 0. The van der Waals surface area contributed by atoms with Crippen LogP contribution in [0.4, 0.5) is 0 Å². The van der Waals surface area contributed by atoms with Crippen LogP contribution in [0.1, 0.15) is 23.5 Å². The Morgan fingerprint density at radius 1 is 1.17 bits per heavy atom. The van der Waals surface area contributed by atoms with Crippen molar-refractivity contribution in [2.24, 2.45) is 0 Å². The molecule has 2 unspecified atom stereocenters. The largest absolute Gasteiger partial charge is 0.488 e. The highest BCUT2D eigenvalue weighted by atomic mass is 32.2. The van der Waals surface area contributed by atoms with E-state index in [0.717, 1.165) is 30.8 Å². The number of hydrogen-bond acceptors (Lipinski definition) is 5. The van der Waals surface area contributed by atoms with E-state index in [0.29, 0.717) is 17.2 Å². The molecule has 0 bridgehead atoms. The third-order valence-electron chi connectivity index (χ3n) is 4.50. The van der Waals surface area contributed by atoms with Crippen molar-refractivity contribution in [3.8, 4) is 11.5 Å². The number of nitrogens with one attached hydrogen (secondary N) is 1. The third kappa shape index (κ3) is 3.12. The van der Waals surface area contributed by atoms with Crippen LogP contribution in [0.15, 0.2) is 48.5 Å². The number of ether oxygens (including phenoxy) is 1. The van der Waals surface area contributed by atoms with E-state index in [9.17, 15) is 8.42 Å². The van der Waals surface area contributed by atoms with Crippen LogP contribution in [0.5, 0.6) is 11.5 Å². The summed E-state index contributed by atoms with van der Waals surface area (Å²) in [4.78, 5) is 0. The fourth-order valence-electron chi connectivity index (χ4n) is 3.40. The molecule has 2 aromatic rings. The Kier molecular flexibility index (Phi) is 3.94. The minimum absolute atomic E-state index is 0.130. The van der Waals surface area contributed by atoms with Crippen molar-refractivity contribution in [3.05, 3.63) is 59.7 Å². The molecule has 0 amide bonds. The van der Waals surface area contributed by atoms with Gasteiger partial charge < -0.3 is 14.2 Å². The fourth-order valence-corrected chi connectivity index (χ4v) is 4.46. The molecule has 0 spiro atoms. The number of fused-ring (bicyclic) bond motifs is 3. The van der Waals surface area contributed by atoms with E-state index < -0.39 is 10.1 Å². The van der Waals surface area contributed by atoms with Crippen molar-refractivity contribution >= 4 is 10.1 Å². The molecule has 2 atom stereocenters. The molecule has 6 heteroatoms. The predicted octanol–water partition coefficient (Wildman–Crippen LogP) is 2.43. The van der Waals surface area contributed by atoms with Crippen LogP contribution in [-0.2, 0) is 15.9 Å². The maximum absolute atomic E-state index is 12.2. The quantitative estimate of drug-likeness (QED) is 0.862.